The molecule has 0 saturated carbocycles. The molecule has 0 saturated heterocycles. The molecule has 6 heteroatoms. The van der Waals surface area contributed by atoms with Crippen molar-refractivity contribution in [3.05, 3.63) is 45.1 Å². The second kappa shape index (κ2) is 5.67. The first-order valence-electron chi connectivity index (χ1n) is 5.30. The second-order valence-corrected chi connectivity index (χ2v) is 5.12. The molecule has 1 aromatic heterocycles. The van der Waals surface area contributed by atoms with Crippen molar-refractivity contribution < 1.29 is 9.53 Å². The van der Waals surface area contributed by atoms with Gasteiger partial charge in [0.15, 0.2) is 0 Å². The van der Waals surface area contributed by atoms with Gasteiger partial charge in [0.25, 0.3) is 0 Å². The van der Waals surface area contributed by atoms with E-state index in [2.05, 4.69) is 37.0 Å². The Labute approximate surface area is 121 Å². The summed E-state index contributed by atoms with van der Waals surface area (Å²) in [6.07, 6.45) is 1.49. The van der Waals surface area contributed by atoms with Crippen LogP contribution in [-0.2, 0) is 4.74 Å². The maximum atomic E-state index is 11.7. The lowest BCUT2D eigenvalue weighted by Crippen LogP contribution is -2.05. The third-order valence-corrected chi connectivity index (χ3v) is 3.57. The molecule has 0 bridgehead atoms. The molecule has 94 valence electrons. The molecule has 0 radical (unpaired) electrons. The fourth-order valence-corrected chi connectivity index (χ4v) is 2.27. The normalized spacial score (nSPS) is 10.4. The SMILES string of the molecule is CCOC(=O)c1cnn(-c2ccc(Br)cc2)c1Br. The molecule has 1 aromatic carbocycles. The monoisotopic (exact) mass is 372 g/mol. The summed E-state index contributed by atoms with van der Waals surface area (Å²) in [7, 11) is 0. The van der Waals surface area contributed by atoms with E-state index in [0.29, 0.717) is 16.8 Å². The van der Waals surface area contributed by atoms with Crippen molar-refractivity contribution in [2.75, 3.05) is 6.61 Å². The molecular weight excluding hydrogens is 364 g/mol. The quantitative estimate of drug-likeness (QED) is 0.772. The van der Waals surface area contributed by atoms with Gasteiger partial charge in [-0.1, -0.05) is 15.9 Å². The molecule has 2 rings (SSSR count). The van der Waals surface area contributed by atoms with E-state index in [0.717, 1.165) is 10.2 Å². The molecule has 4 nitrogen and oxygen atoms in total. The number of rotatable bonds is 3. The number of benzene rings is 1. The maximum absolute atomic E-state index is 11.7. The van der Waals surface area contributed by atoms with E-state index in [-0.39, 0.29) is 5.97 Å². The van der Waals surface area contributed by atoms with Crippen LogP contribution >= 0.6 is 31.9 Å². The lowest BCUT2D eigenvalue weighted by molar-refractivity contribution is 0.0525. The topological polar surface area (TPSA) is 44.1 Å². The highest BCUT2D eigenvalue weighted by molar-refractivity contribution is 9.10. The third kappa shape index (κ3) is 2.64. The largest absolute Gasteiger partial charge is 0.462 e. The van der Waals surface area contributed by atoms with E-state index < -0.39 is 0 Å². The van der Waals surface area contributed by atoms with Crippen molar-refractivity contribution in [1.29, 1.82) is 0 Å². The van der Waals surface area contributed by atoms with Crippen LogP contribution in [0.25, 0.3) is 5.69 Å². The molecule has 0 amide bonds. The summed E-state index contributed by atoms with van der Waals surface area (Å²) < 4.78 is 8.16. The highest BCUT2D eigenvalue weighted by Crippen LogP contribution is 2.22. The lowest BCUT2D eigenvalue weighted by Gasteiger charge is -2.04. The molecule has 0 N–H and O–H groups in total. The Morgan fingerprint density at radius 1 is 1.33 bits per heavy atom. The summed E-state index contributed by atoms with van der Waals surface area (Å²) in [6.45, 7) is 2.11. The Hall–Kier alpha value is -1.14. The average molecular weight is 374 g/mol. The van der Waals surface area contributed by atoms with E-state index in [4.69, 9.17) is 4.74 Å². The molecule has 0 aliphatic carbocycles. The first-order valence-corrected chi connectivity index (χ1v) is 6.88. The molecule has 0 fully saturated rings. The standard InChI is InChI=1S/C12H10Br2N2O2/c1-2-18-12(17)10-7-15-16(11(10)14)9-5-3-8(13)4-6-9/h3-7H,2H2,1H3. The molecule has 0 aliphatic heterocycles. The van der Waals surface area contributed by atoms with E-state index in [1.165, 1.54) is 6.20 Å². The van der Waals surface area contributed by atoms with Gasteiger partial charge in [0.05, 0.1) is 18.5 Å². The van der Waals surface area contributed by atoms with Crippen LogP contribution in [0.5, 0.6) is 0 Å². The minimum absolute atomic E-state index is 0.342. The van der Waals surface area contributed by atoms with Gasteiger partial charge in [0.1, 0.15) is 10.2 Å². The van der Waals surface area contributed by atoms with E-state index in [9.17, 15) is 4.79 Å². The number of carbonyl (C=O) groups is 1. The number of nitrogens with zero attached hydrogens (tertiary/aromatic N) is 2. The van der Waals surface area contributed by atoms with Crippen molar-refractivity contribution in [3.8, 4) is 5.69 Å². The zero-order chi connectivity index (χ0) is 13.1. The molecule has 1 heterocycles. The van der Waals surface area contributed by atoms with Gasteiger partial charge in [-0.2, -0.15) is 5.10 Å². The van der Waals surface area contributed by atoms with E-state index in [1.54, 1.807) is 11.6 Å². The molecule has 0 aliphatic rings. The van der Waals surface area contributed by atoms with Gasteiger partial charge in [-0.15, -0.1) is 0 Å². The van der Waals surface area contributed by atoms with Gasteiger partial charge in [-0.3, -0.25) is 0 Å². The fourth-order valence-electron chi connectivity index (χ4n) is 1.44. The van der Waals surface area contributed by atoms with Crippen molar-refractivity contribution in [1.82, 2.24) is 9.78 Å². The van der Waals surface area contributed by atoms with Gasteiger partial charge >= 0.3 is 5.97 Å². The van der Waals surface area contributed by atoms with Crippen LogP contribution in [0.15, 0.2) is 39.5 Å². The van der Waals surface area contributed by atoms with Gasteiger partial charge in [0.2, 0.25) is 0 Å². The second-order valence-electron chi connectivity index (χ2n) is 3.46. The predicted molar refractivity (Wildman–Crippen MR) is 74.9 cm³/mol. The third-order valence-electron chi connectivity index (χ3n) is 2.28. The number of hydrogen-bond donors (Lipinski definition) is 0. The fraction of sp³-hybridized carbons (Fsp3) is 0.167. The van der Waals surface area contributed by atoms with Crippen LogP contribution in [-0.4, -0.2) is 22.4 Å². The minimum Gasteiger partial charge on any atom is -0.462 e. The Kier molecular flexibility index (Phi) is 4.19. The summed E-state index contributed by atoms with van der Waals surface area (Å²) in [6, 6.07) is 7.62. The maximum Gasteiger partial charge on any atom is 0.342 e. The molecule has 2 aromatic rings. The number of halogens is 2. The van der Waals surface area contributed by atoms with E-state index in [1.807, 2.05) is 24.3 Å². The summed E-state index contributed by atoms with van der Waals surface area (Å²) in [5.41, 5.74) is 1.28. The van der Waals surface area contributed by atoms with Crippen molar-refractivity contribution in [2.45, 2.75) is 6.92 Å². The molecule has 18 heavy (non-hydrogen) atoms. The number of esters is 1. The van der Waals surface area contributed by atoms with Crippen molar-refractivity contribution in [2.24, 2.45) is 0 Å². The molecule has 0 spiro atoms. The number of aromatic nitrogens is 2. The Balaban J connectivity index is 2.36. The highest BCUT2D eigenvalue weighted by atomic mass is 79.9. The van der Waals surface area contributed by atoms with Crippen LogP contribution < -0.4 is 0 Å². The smallest absolute Gasteiger partial charge is 0.342 e. The van der Waals surface area contributed by atoms with Crippen LogP contribution in [0.2, 0.25) is 0 Å². The number of ether oxygens (including phenoxy) is 1. The van der Waals surface area contributed by atoms with E-state index >= 15 is 0 Å². The lowest BCUT2D eigenvalue weighted by atomic mass is 10.3. The zero-order valence-corrected chi connectivity index (χ0v) is 12.7. The van der Waals surface area contributed by atoms with Gasteiger partial charge in [-0.05, 0) is 47.1 Å². The van der Waals surface area contributed by atoms with Crippen LogP contribution in [0.4, 0.5) is 0 Å². The molecule has 0 atom stereocenters. The zero-order valence-electron chi connectivity index (χ0n) is 9.56. The van der Waals surface area contributed by atoms with Gasteiger partial charge in [0, 0.05) is 4.47 Å². The predicted octanol–water partition coefficient (Wildman–Crippen LogP) is 3.57. The first-order chi connectivity index (χ1) is 8.63. The highest BCUT2D eigenvalue weighted by Gasteiger charge is 2.17. The van der Waals surface area contributed by atoms with Crippen LogP contribution in [0.3, 0.4) is 0 Å². The average Bonchev–Trinajstić information content (AvgIpc) is 2.73. The summed E-state index contributed by atoms with van der Waals surface area (Å²) >= 11 is 6.73. The molecular formula is C12H10Br2N2O2. The summed E-state index contributed by atoms with van der Waals surface area (Å²) in [4.78, 5) is 11.7. The van der Waals surface area contributed by atoms with Crippen molar-refractivity contribution in [3.63, 3.8) is 0 Å². The minimum atomic E-state index is -0.382. The Morgan fingerprint density at radius 3 is 2.61 bits per heavy atom. The molecule has 0 unspecified atom stereocenters. The summed E-state index contributed by atoms with van der Waals surface area (Å²) in [5.74, 6) is -0.382. The van der Waals surface area contributed by atoms with Gasteiger partial charge < -0.3 is 4.74 Å². The Morgan fingerprint density at radius 2 is 2.00 bits per heavy atom. The first kappa shape index (κ1) is 13.3. The number of hydrogen-bond acceptors (Lipinski definition) is 3. The van der Waals surface area contributed by atoms with Crippen LogP contribution in [0.1, 0.15) is 17.3 Å². The Bertz CT molecular complexity index is 564. The number of carbonyl (C=O) groups excluding carboxylic acids is 1. The van der Waals surface area contributed by atoms with Crippen molar-refractivity contribution >= 4 is 37.8 Å². The summed E-state index contributed by atoms with van der Waals surface area (Å²) in [5, 5.41) is 4.17. The van der Waals surface area contributed by atoms with Crippen LogP contribution in [0, 0.1) is 0 Å². The van der Waals surface area contributed by atoms with Gasteiger partial charge in [-0.25, -0.2) is 9.48 Å².